The van der Waals surface area contributed by atoms with Crippen LogP contribution >= 0.6 is 0 Å². The highest BCUT2D eigenvalue weighted by Crippen LogP contribution is 2.22. The van der Waals surface area contributed by atoms with Gasteiger partial charge < -0.3 is 15.2 Å². The minimum atomic E-state index is -0.164. The number of aryl methyl sites for hydroxylation is 3. The van der Waals surface area contributed by atoms with Crippen molar-refractivity contribution in [3.63, 3.8) is 0 Å². The number of rotatable bonds is 3. The van der Waals surface area contributed by atoms with E-state index in [9.17, 15) is 9.59 Å². The van der Waals surface area contributed by atoms with E-state index in [0.29, 0.717) is 17.2 Å². The quantitative estimate of drug-likeness (QED) is 0.874. The first-order chi connectivity index (χ1) is 12.3. The summed E-state index contributed by atoms with van der Waals surface area (Å²) in [7, 11) is 0. The van der Waals surface area contributed by atoms with Gasteiger partial charge in [-0.15, -0.1) is 0 Å². The average Bonchev–Trinajstić information content (AvgIpc) is 2.94. The van der Waals surface area contributed by atoms with E-state index in [4.69, 9.17) is 0 Å². The number of piperidine rings is 1. The molecule has 2 aromatic rings. The van der Waals surface area contributed by atoms with Gasteiger partial charge in [-0.25, -0.2) is 0 Å². The van der Waals surface area contributed by atoms with Crippen LogP contribution in [0.5, 0.6) is 0 Å². The van der Waals surface area contributed by atoms with Gasteiger partial charge in [-0.1, -0.05) is 6.92 Å². The molecule has 3 rings (SSSR count). The molecule has 1 saturated heterocycles. The van der Waals surface area contributed by atoms with Crippen molar-refractivity contribution in [1.29, 1.82) is 0 Å². The van der Waals surface area contributed by atoms with Gasteiger partial charge in [0.1, 0.15) is 5.69 Å². The van der Waals surface area contributed by atoms with Crippen molar-refractivity contribution >= 4 is 17.5 Å². The van der Waals surface area contributed by atoms with Crippen LogP contribution in [-0.2, 0) is 0 Å². The Balaban J connectivity index is 1.74. The highest BCUT2D eigenvalue weighted by molar-refractivity contribution is 6.05. The molecule has 5 nitrogen and oxygen atoms in total. The molecule has 1 aromatic carbocycles. The maximum atomic E-state index is 12.7. The summed E-state index contributed by atoms with van der Waals surface area (Å²) in [6, 6.07) is 7.43. The lowest BCUT2D eigenvalue weighted by atomic mass is 9.99. The third kappa shape index (κ3) is 3.82. The molecule has 0 spiro atoms. The molecule has 1 aromatic heterocycles. The zero-order valence-electron chi connectivity index (χ0n) is 16.0. The predicted octanol–water partition coefficient (Wildman–Crippen LogP) is 4.06. The Hall–Kier alpha value is -2.56. The lowest BCUT2D eigenvalue weighted by Gasteiger charge is -2.31. The number of nitrogens with one attached hydrogen (secondary N) is 2. The van der Waals surface area contributed by atoms with Crippen LogP contribution in [0.25, 0.3) is 0 Å². The van der Waals surface area contributed by atoms with Gasteiger partial charge in [-0.3, -0.25) is 9.59 Å². The number of aromatic amines is 1. The van der Waals surface area contributed by atoms with Crippen LogP contribution < -0.4 is 5.32 Å². The van der Waals surface area contributed by atoms with Crippen LogP contribution in [0.3, 0.4) is 0 Å². The fraction of sp³-hybridized carbons (Fsp3) is 0.429. The van der Waals surface area contributed by atoms with Crippen molar-refractivity contribution in [2.24, 2.45) is 5.92 Å². The van der Waals surface area contributed by atoms with Gasteiger partial charge in [0.25, 0.3) is 11.8 Å². The summed E-state index contributed by atoms with van der Waals surface area (Å²) in [6.45, 7) is 9.59. The fourth-order valence-electron chi connectivity index (χ4n) is 3.64. The number of hydrogen-bond donors (Lipinski definition) is 2. The molecule has 26 heavy (non-hydrogen) atoms. The van der Waals surface area contributed by atoms with Crippen LogP contribution in [0.2, 0.25) is 0 Å². The molecular formula is C21H27N3O2. The first kappa shape index (κ1) is 18.2. The second-order valence-electron chi connectivity index (χ2n) is 7.49. The Morgan fingerprint density at radius 3 is 2.54 bits per heavy atom. The third-order valence-corrected chi connectivity index (χ3v) is 5.04. The first-order valence-corrected chi connectivity index (χ1v) is 9.22. The topological polar surface area (TPSA) is 65.2 Å². The largest absolute Gasteiger partial charge is 0.354 e. The molecule has 5 heteroatoms. The van der Waals surface area contributed by atoms with Crippen LogP contribution in [0.1, 0.15) is 57.4 Å². The van der Waals surface area contributed by atoms with Crippen molar-refractivity contribution in [2.75, 3.05) is 18.4 Å². The summed E-state index contributed by atoms with van der Waals surface area (Å²) < 4.78 is 0. The Morgan fingerprint density at radius 2 is 1.92 bits per heavy atom. The van der Waals surface area contributed by atoms with Crippen LogP contribution in [-0.4, -0.2) is 34.8 Å². The Labute approximate surface area is 154 Å². The highest BCUT2D eigenvalue weighted by Gasteiger charge is 2.22. The number of amides is 2. The maximum absolute atomic E-state index is 12.7. The monoisotopic (exact) mass is 353 g/mol. The number of anilines is 1. The summed E-state index contributed by atoms with van der Waals surface area (Å²) in [4.78, 5) is 30.2. The summed E-state index contributed by atoms with van der Waals surface area (Å²) in [5.74, 6) is 0.468. The van der Waals surface area contributed by atoms with Gasteiger partial charge in [0.15, 0.2) is 0 Å². The molecular weight excluding hydrogens is 326 g/mol. The van der Waals surface area contributed by atoms with E-state index in [0.717, 1.165) is 42.0 Å². The second kappa shape index (κ2) is 7.36. The van der Waals surface area contributed by atoms with Gasteiger partial charge in [-0.2, -0.15) is 0 Å². The summed E-state index contributed by atoms with van der Waals surface area (Å²) in [6.07, 6.45) is 2.25. The van der Waals surface area contributed by atoms with Gasteiger partial charge >= 0.3 is 0 Å². The Bertz CT molecular complexity index is 838. The molecule has 138 valence electrons. The SMILES string of the molecule is Cc1cc(C)c(C(=O)Nc2ccc(C(=O)N3CCCC(C)C3)cc2C)[nH]1. The molecule has 1 aliphatic heterocycles. The fourth-order valence-corrected chi connectivity index (χ4v) is 3.64. The van der Waals surface area contributed by atoms with E-state index in [1.54, 1.807) is 6.07 Å². The molecule has 1 fully saturated rings. The van der Waals surface area contributed by atoms with Crippen molar-refractivity contribution in [1.82, 2.24) is 9.88 Å². The molecule has 0 radical (unpaired) electrons. The van der Waals surface area contributed by atoms with E-state index in [-0.39, 0.29) is 11.8 Å². The first-order valence-electron chi connectivity index (χ1n) is 9.22. The number of carbonyl (C=O) groups excluding carboxylic acids is 2. The zero-order chi connectivity index (χ0) is 18.8. The Morgan fingerprint density at radius 1 is 1.15 bits per heavy atom. The minimum absolute atomic E-state index is 0.0772. The maximum Gasteiger partial charge on any atom is 0.272 e. The van der Waals surface area contributed by atoms with E-state index < -0.39 is 0 Å². The molecule has 1 unspecified atom stereocenters. The molecule has 1 aliphatic rings. The summed E-state index contributed by atoms with van der Waals surface area (Å²) >= 11 is 0. The van der Waals surface area contributed by atoms with E-state index in [2.05, 4.69) is 17.2 Å². The molecule has 1 atom stereocenters. The average molecular weight is 353 g/mol. The second-order valence-corrected chi connectivity index (χ2v) is 7.49. The van der Waals surface area contributed by atoms with Crippen LogP contribution in [0.4, 0.5) is 5.69 Å². The molecule has 2 N–H and O–H groups in total. The lowest BCUT2D eigenvalue weighted by Crippen LogP contribution is -2.39. The molecule has 0 bridgehead atoms. The number of H-pyrrole nitrogens is 1. The van der Waals surface area contributed by atoms with Crippen LogP contribution in [0, 0.1) is 26.7 Å². The summed E-state index contributed by atoms with van der Waals surface area (Å²) in [5.41, 5.74) is 4.75. The van der Waals surface area contributed by atoms with E-state index in [1.807, 2.05) is 43.9 Å². The van der Waals surface area contributed by atoms with Gasteiger partial charge in [0, 0.05) is 30.0 Å². The van der Waals surface area contributed by atoms with Gasteiger partial charge in [0.05, 0.1) is 0 Å². The highest BCUT2D eigenvalue weighted by atomic mass is 16.2. The van der Waals surface area contributed by atoms with Crippen molar-refractivity contribution in [3.05, 3.63) is 52.3 Å². The smallest absolute Gasteiger partial charge is 0.272 e. The summed E-state index contributed by atoms with van der Waals surface area (Å²) in [5, 5.41) is 2.94. The molecule has 0 saturated carbocycles. The standard InChI is InChI=1S/C21H27N3O2/c1-13-6-5-9-24(12-13)21(26)17-7-8-18(14(2)11-17)23-20(25)19-15(3)10-16(4)22-19/h7-8,10-11,13,22H,5-6,9,12H2,1-4H3,(H,23,25). The Kier molecular flexibility index (Phi) is 5.16. The van der Waals surface area contributed by atoms with Crippen LogP contribution in [0.15, 0.2) is 24.3 Å². The number of likely N-dealkylation sites (tertiary alicyclic amines) is 1. The predicted molar refractivity (Wildman–Crippen MR) is 104 cm³/mol. The molecule has 2 amide bonds. The van der Waals surface area contributed by atoms with Gasteiger partial charge in [0.2, 0.25) is 0 Å². The molecule has 0 aliphatic carbocycles. The third-order valence-electron chi connectivity index (χ3n) is 5.04. The normalized spacial score (nSPS) is 17.2. The number of benzene rings is 1. The number of aromatic nitrogens is 1. The number of hydrogen-bond acceptors (Lipinski definition) is 2. The van der Waals surface area contributed by atoms with Crippen molar-refractivity contribution in [2.45, 2.75) is 40.5 Å². The number of nitrogens with zero attached hydrogens (tertiary/aromatic N) is 1. The van der Waals surface area contributed by atoms with Crippen molar-refractivity contribution in [3.8, 4) is 0 Å². The van der Waals surface area contributed by atoms with Crippen molar-refractivity contribution < 1.29 is 9.59 Å². The number of carbonyl (C=O) groups is 2. The zero-order valence-corrected chi connectivity index (χ0v) is 16.0. The van der Waals surface area contributed by atoms with E-state index >= 15 is 0 Å². The molecule has 2 heterocycles. The minimum Gasteiger partial charge on any atom is -0.354 e. The lowest BCUT2D eigenvalue weighted by molar-refractivity contribution is 0.0683. The van der Waals surface area contributed by atoms with Gasteiger partial charge in [-0.05, 0) is 74.9 Å². The van der Waals surface area contributed by atoms with E-state index in [1.165, 1.54) is 6.42 Å².